The highest BCUT2D eigenvalue weighted by Crippen LogP contribution is 2.38. The molecular formula is C19H15ClFNO2. The molecule has 0 aliphatic carbocycles. The van der Waals surface area contributed by atoms with Crippen LogP contribution in [0.15, 0.2) is 42.5 Å². The van der Waals surface area contributed by atoms with Crippen LogP contribution in [0, 0.1) is 5.82 Å². The molecule has 1 heterocycles. The second-order valence-corrected chi connectivity index (χ2v) is 6.29. The van der Waals surface area contributed by atoms with Gasteiger partial charge >= 0.3 is 5.97 Å². The summed E-state index contributed by atoms with van der Waals surface area (Å²) in [6.07, 6.45) is 0. The van der Waals surface area contributed by atoms with Crippen molar-refractivity contribution in [3.05, 3.63) is 64.6 Å². The molecule has 0 bridgehead atoms. The zero-order valence-corrected chi connectivity index (χ0v) is 13.9. The van der Waals surface area contributed by atoms with E-state index in [2.05, 4.69) is 4.98 Å². The highest BCUT2D eigenvalue weighted by atomic mass is 35.5. The fourth-order valence-electron chi connectivity index (χ4n) is 2.93. The molecule has 24 heavy (non-hydrogen) atoms. The Hall–Kier alpha value is -2.46. The van der Waals surface area contributed by atoms with E-state index in [4.69, 9.17) is 11.6 Å². The van der Waals surface area contributed by atoms with Crippen LogP contribution in [0.4, 0.5) is 4.39 Å². The number of pyridine rings is 1. The molecule has 0 aliphatic heterocycles. The van der Waals surface area contributed by atoms with Crippen LogP contribution in [0.2, 0.25) is 5.02 Å². The van der Waals surface area contributed by atoms with Gasteiger partial charge in [-0.1, -0.05) is 49.7 Å². The molecule has 1 N–H and O–H groups in total. The first kappa shape index (κ1) is 16.4. The van der Waals surface area contributed by atoms with Crippen LogP contribution in [0.1, 0.15) is 35.8 Å². The summed E-state index contributed by atoms with van der Waals surface area (Å²) in [4.78, 5) is 16.0. The maximum absolute atomic E-state index is 14.5. The van der Waals surface area contributed by atoms with Gasteiger partial charge in [-0.05, 0) is 35.2 Å². The summed E-state index contributed by atoms with van der Waals surface area (Å²) in [5.74, 6) is -1.69. The van der Waals surface area contributed by atoms with Gasteiger partial charge in [-0.15, -0.1) is 0 Å². The molecular weight excluding hydrogens is 329 g/mol. The molecule has 122 valence electrons. The highest BCUT2D eigenvalue weighted by Gasteiger charge is 2.24. The summed E-state index contributed by atoms with van der Waals surface area (Å²) in [5.41, 5.74) is 1.79. The van der Waals surface area contributed by atoms with Crippen molar-refractivity contribution in [1.29, 1.82) is 0 Å². The third kappa shape index (κ3) is 2.74. The van der Waals surface area contributed by atoms with Gasteiger partial charge in [0.1, 0.15) is 5.82 Å². The molecule has 0 atom stereocenters. The van der Waals surface area contributed by atoms with E-state index in [1.165, 1.54) is 6.07 Å². The number of carbonyl (C=O) groups is 1. The lowest BCUT2D eigenvalue weighted by atomic mass is 9.88. The van der Waals surface area contributed by atoms with Gasteiger partial charge in [0.25, 0.3) is 0 Å². The molecule has 3 aromatic rings. The van der Waals surface area contributed by atoms with E-state index in [-0.39, 0.29) is 11.6 Å². The van der Waals surface area contributed by atoms with Gasteiger partial charge in [-0.3, -0.25) is 0 Å². The molecule has 0 saturated heterocycles. The minimum atomic E-state index is -1.14. The predicted molar refractivity (Wildman–Crippen MR) is 93.2 cm³/mol. The summed E-state index contributed by atoms with van der Waals surface area (Å²) in [6.45, 7) is 3.74. The predicted octanol–water partition coefficient (Wildman–Crippen LogP) is 5.52. The fourth-order valence-corrected chi connectivity index (χ4v) is 3.10. The average Bonchev–Trinajstić information content (AvgIpc) is 2.53. The molecule has 0 unspecified atom stereocenters. The third-order valence-corrected chi connectivity index (χ3v) is 4.14. The van der Waals surface area contributed by atoms with Gasteiger partial charge in [0.15, 0.2) is 5.69 Å². The Morgan fingerprint density at radius 3 is 2.54 bits per heavy atom. The van der Waals surface area contributed by atoms with Crippen molar-refractivity contribution in [3.63, 3.8) is 0 Å². The lowest BCUT2D eigenvalue weighted by molar-refractivity contribution is 0.0689. The van der Waals surface area contributed by atoms with Crippen LogP contribution in [-0.4, -0.2) is 16.1 Å². The average molecular weight is 344 g/mol. The molecule has 0 spiro atoms. The normalized spacial score (nSPS) is 11.2. The first-order valence-electron chi connectivity index (χ1n) is 7.51. The molecule has 3 nitrogen and oxygen atoms in total. The van der Waals surface area contributed by atoms with Gasteiger partial charge in [0, 0.05) is 16.0 Å². The van der Waals surface area contributed by atoms with Gasteiger partial charge in [0.05, 0.1) is 5.52 Å². The topological polar surface area (TPSA) is 50.2 Å². The van der Waals surface area contributed by atoms with Crippen LogP contribution < -0.4 is 0 Å². The van der Waals surface area contributed by atoms with E-state index in [0.29, 0.717) is 32.6 Å². The number of hydrogen-bond acceptors (Lipinski definition) is 2. The molecule has 0 amide bonds. The number of aromatic carboxylic acids is 1. The first-order chi connectivity index (χ1) is 11.4. The molecule has 0 aliphatic rings. The van der Waals surface area contributed by atoms with Crippen LogP contribution in [0.5, 0.6) is 0 Å². The zero-order chi connectivity index (χ0) is 17.4. The Labute approximate surface area is 143 Å². The Bertz CT molecular complexity index is 953. The van der Waals surface area contributed by atoms with E-state index < -0.39 is 11.8 Å². The number of carboxylic acids is 1. The monoisotopic (exact) mass is 343 g/mol. The second-order valence-electron chi connectivity index (χ2n) is 5.85. The van der Waals surface area contributed by atoms with Crippen molar-refractivity contribution in [2.75, 3.05) is 0 Å². The Morgan fingerprint density at radius 1 is 1.21 bits per heavy atom. The van der Waals surface area contributed by atoms with E-state index >= 15 is 0 Å². The lowest BCUT2D eigenvalue weighted by Crippen LogP contribution is -2.10. The van der Waals surface area contributed by atoms with E-state index in [9.17, 15) is 14.3 Å². The molecule has 3 rings (SSSR count). The first-order valence-corrected chi connectivity index (χ1v) is 7.89. The molecule has 1 aromatic heterocycles. The number of fused-ring (bicyclic) bond motifs is 1. The van der Waals surface area contributed by atoms with Gasteiger partial charge in [0.2, 0.25) is 0 Å². The lowest BCUT2D eigenvalue weighted by Gasteiger charge is -2.19. The number of nitrogens with zero attached hydrogens (tertiary/aromatic N) is 1. The van der Waals surface area contributed by atoms with Crippen LogP contribution in [-0.2, 0) is 0 Å². The number of carboxylic acid groups (broad SMARTS) is 1. The Morgan fingerprint density at radius 2 is 1.92 bits per heavy atom. The quantitative estimate of drug-likeness (QED) is 0.681. The minimum absolute atomic E-state index is 0.0713. The van der Waals surface area contributed by atoms with Crippen LogP contribution in [0.3, 0.4) is 0 Å². The molecule has 5 heteroatoms. The number of rotatable bonds is 3. The van der Waals surface area contributed by atoms with Crippen molar-refractivity contribution in [3.8, 4) is 11.1 Å². The zero-order valence-electron chi connectivity index (χ0n) is 13.2. The standard InChI is InChI=1S/C19H15ClFNO2/c1-10(2)16-17(12-5-3-4-6-14(12)21)13-8-7-11(20)9-15(13)22-18(16)19(23)24/h3-10H,1-2H3,(H,23,24). The summed E-state index contributed by atoms with van der Waals surface area (Å²) < 4.78 is 14.5. The molecule has 0 saturated carbocycles. The third-order valence-electron chi connectivity index (χ3n) is 3.91. The minimum Gasteiger partial charge on any atom is -0.477 e. The SMILES string of the molecule is CC(C)c1c(C(=O)O)nc2cc(Cl)ccc2c1-c1ccccc1F. The second kappa shape index (κ2) is 6.21. The van der Waals surface area contributed by atoms with Crippen molar-refractivity contribution in [2.24, 2.45) is 0 Å². The number of halogens is 2. The summed E-state index contributed by atoms with van der Waals surface area (Å²) in [6, 6.07) is 11.4. The van der Waals surface area contributed by atoms with Gasteiger partial charge in [-0.2, -0.15) is 0 Å². The van der Waals surface area contributed by atoms with E-state index in [0.717, 1.165) is 0 Å². The highest BCUT2D eigenvalue weighted by molar-refractivity contribution is 6.31. The number of hydrogen-bond donors (Lipinski definition) is 1. The number of benzene rings is 2. The van der Waals surface area contributed by atoms with Crippen molar-refractivity contribution in [1.82, 2.24) is 4.98 Å². The smallest absolute Gasteiger partial charge is 0.354 e. The maximum atomic E-state index is 14.5. The number of aromatic nitrogens is 1. The van der Waals surface area contributed by atoms with Crippen molar-refractivity contribution >= 4 is 28.5 Å². The fraction of sp³-hybridized carbons (Fsp3) is 0.158. The Balaban J connectivity index is 2.54. The van der Waals surface area contributed by atoms with Gasteiger partial charge in [-0.25, -0.2) is 14.2 Å². The van der Waals surface area contributed by atoms with E-state index in [1.54, 1.807) is 36.4 Å². The van der Waals surface area contributed by atoms with Crippen LogP contribution >= 0.6 is 11.6 Å². The summed E-state index contributed by atoms with van der Waals surface area (Å²) in [7, 11) is 0. The van der Waals surface area contributed by atoms with Gasteiger partial charge < -0.3 is 5.11 Å². The van der Waals surface area contributed by atoms with Crippen molar-refractivity contribution in [2.45, 2.75) is 19.8 Å². The maximum Gasteiger partial charge on any atom is 0.354 e. The molecule has 2 aromatic carbocycles. The van der Waals surface area contributed by atoms with Crippen molar-refractivity contribution < 1.29 is 14.3 Å². The van der Waals surface area contributed by atoms with Crippen LogP contribution in [0.25, 0.3) is 22.0 Å². The summed E-state index contributed by atoms with van der Waals surface area (Å²) >= 11 is 6.02. The molecule has 0 radical (unpaired) electrons. The van der Waals surface area contributed by atoms with E-state index in [1.807, 2.05) is 13.8 Å². The largest absolute Gasteiger partial charge is 0.477 e. The summed E-state index contributed by atoms with van der Waals surface area (Å²) in [5, 5.41) is 10.7. The molecule has 0 fully saturated rings. The Kier molecular flexibility index (Phi) is 4.24.